The van der Waals surface area contributed by atoms with Crippen molar-refractivity contribution in [1.29, 1.82) is 0 Å². The molecule has 2 heterocycles. The number of aliphatic hydroxyl groups excluding tert-OH is 1. The summed E-state index contributed by atoms with van der Waals surface area (Å²) in [5, 5.41) is 23.9. The zero-order valence-corrected chi connectivity index (χ0v) is 28.0. The summed E-state index contributed by atoms with van der Waals surface area (Å²) in [4.78, 5) is 14.1. The van der Waals surface area contributed by atoms with Gasteiger partial charge in [-0.05, 0) is 67.9 Å². The quantitative estimate of drug-likeness (QED) is 0.136. The van der Waals surface area contributed by atoms with Crippen molar-refractivity contribution in [2.75, 3.05) is 27.2 Å². The molecule has 222 valence electrons. The summed E-state index contributed by atoms with van der Waals surface area (Å²) in [6.45, 7) is 4.08. The fourth-order valence-electron chi connectivity index (χ4n) is 4.26. The van der Waals surface area contributed by atoms with Crippen molar-refractivity contribution in [2.45, 2.75) is 25.0 Å². The Morgan fingerprint density at radius 2 is 1.75 bits per heavy atom. The molecule has 5 rings (SSSR count). The number of nitrogens with zero attached hydrogens (tertiary/aromatic N) is 7. The SMILES string of the molecule is CCN(c1ccccc1)c1nc(Cl)nc(Nc2ccc(S(=O)(=O)[O-])c(NN=C3C(C)=NN(c4ccccc4Cl)C3O)c2)n1.[Na+]. The van der Waals surface area contributed by atoms with E-state index in [0.29, 0.717) is 28.7 Å². The van der Waals surface area contributed by atoms with E-state index >= 15 is 0 Å². The van der Waals surface area contributed by atoms with Gasteiger partial charge in [0, 0.05) is 17.9 Å². The summed E-state index contributed by atoms with van der Waals surface area (Å²) in [5.41, 5.74) is 4.44. The Morgan fingerprint density at radius 3 is 2.43 bits per heavy atom. The maximum absolute atomic E-state index is 12.0. The molecule has 13 nitrogen and oxygen atoms in total. The number of benzene rings is 3. The summed E-state index contributed by atoms with van der Waals surface area (Å²) in [7, 11) is -4.91. The summed E-state index contributed by atoms with van der Waals surface area (Å²) in [5.74, 6) is 0.358. The number of anilines is 6. The Labute approximate surface area is 285 Å². The first-order valence-corrected chi connectivity index (χ1v) is 14.9. The van der Waals surface area contributed by atoms with Crippen molar-refractivity contribution in [1.82, 2.24) is 15.0 Å². The van der Waals surface area contributed by atoms with Crippen molar-refractivity contribution in [2.24, 2.45) is 10.2 Å². The molecule has 1 aliphatic rings. The number of halogens is 2. The van der Waals surface area contributed by atoms with Crippen molar-refractivity contribution in [3.05, 3.63) is 83.1 Å². The normalized spacial score (nSPS) is 15.5. The van der Waals surface area contributed by atoms with Crippen LogP contribution in [0.25, 0.3) is 0 Å². The Morgan fingerprint density at radius 1 is 1.05 bits per heavy atom. The molecule has 1 aromatic heterocycles. The van der Waals surface area contributed by atoms with Gasteiger partial charge in [0.05, 0.1) is 27.0 Å². The molecule has 0 saturated heterocycles. The fraction of sp³-hybridized carbons (Fsp3) is 0.148. The number of rotatable bonds is 9. The molecule has 1 unspecified atom stereocenters. The summed E-state index contributed by atoms with van der Waals surface area (Å²) in [6, 6.07) is 20.1. The number of para-hydroxylation sites is 2. The van der Waals surface area contributed by atoms with E-state index in [1.165, 1.54) is 17.1 Å². The number of hydrazone groups is 2. The molecule has 0 aliphatic carbocycles. The fourth-order valence-corrected chi connectivity index (χ4v) is 5.24. The van der Waals surface area contributed by atoms with Crippen LogP contribution in [0.4, 0.5) is 34.6 Å². The first-order valence-electron chi connectivity index (χ1n) is 12.8. The van der Waals surface area contributed by atoms with Crippen LogP contribution < -0.4 is 50.2 Å². The van der Waals surface area contributed by atoms with Gasteiger partial charge in [-0.15, -0.1) is 0 Å². The van der Waals surface area contributed by atoms with E-state index in [1.54, 1.807) is 31.2 Å². The van der Waals surface area contributed by atoms with Crippen LogP contribution in [0.1, 0.15) is 13.8 Å². The predicted octanol–water partition coefficient (Wildman–Crippen LogP) is 1.97. The van der Waals surface area contributed by atoms with Gasteiger partial charge in [-0.25, -0.2) is 13.4 Å². The molecule has 0 fully saturated rings. The van der Waals surface area contributed by atoms with E-state index in [-0.39, 0.29) is 58.1 Å². The number of hydrogen-bond donors (Lipinski definition) is 3. The molecule has 3 aromatic carbocycles. The molecule has 1 atom stereocenters. The molecular weight excluding hydrogens is 640 g/mol. The molecule has 4 aromatic rings. The summed E-state index contributed by atoms with van der Waals surface area (Å²) < 4.78 is 36.1. The maximum atomic E-state index is 12.0. The van der Waals surface area contributed by atoms with E-state index in [4.69, 9.17) is 23.2 Å². The minimum atomic E-state index is -4.91. The van der Waals surface area contributed by atoms with Gasteiger partial charge in [0.25, 0.3) is 0 Å². The van der Waals surface area contributed by atoms with Gasteiger partial charge >= 0.3 is 29.6 Å². The van der Waals surface area contributed by atoms with E-state index in [0.717, 1.165) is 11.8 Å². The minimum absolute atomic E-state index is 0. The Hall–Kier alpha value is -3.34. The van der Waals surface area contributed by atoms with Crippen LogP contribution >= 0.6 is 23.2 Å². The minimum Gasteiger partial charge on any atom is -0.744 e. The predicted molar refractivity (Wildman–Crippen MR) is 166 cm³/mol. The smallest absolute Gasteiger partial charge is 0.744 e. The van der Waals surface area contributed by atoms with Crippen LogP contribution in [0.15, 0.2) is 87.9 Å². The third kappa shape index (κ3) is 7.47. The third-order valence-electron chi connectivity index (χ3n) is 6.23. The van der Waals surface area contributed by atoms with Gasteiger partial charge < -0.3 is 19.9 Å². The first-order chi connectivity index (χ1) is 20.5. The molecule has 1 aliphatic heterocycles. The Bertz CT molecular complexity index is 1830. The van der Waals surface area contributed by atoms with Crippen LogP contribution in [0.3, 0.4) is 0 Å². The van der Waals surface area contributed by atoms with Gasteiger partial charge in [0.15, 0.2) is 6.23 Å². The van der Waals surface area contributed by atoms with E-state index in [9.17, 15) is 18.1 Å². The summed E-state index contributed by atoms with van der Waals surface area (Å²) >= 11 is 12.5. The van der Waals surface area contributed by atoms with Crippen molar-refractivity contribution < 1.29 is 47.6 Å². The van der Waals surface area contributed by atoms with Gasteiger partial charge in [-0.3, -0.25) is 5.43 Å². The third-order valence-corrected chi connectivity index (χ3v) is 7.61. The largest absolute Gasteiger partial charge is 1.00 e. The van der Waals surface area contributed by atoms with Crippen molar-refractivity contribution in [3.63, 3.8) is 0 Å². The van der Waals surface area contributed by atoms with Gasteiger partial charge in [0.2, 0.25) is 17.2 Å². The van der Waals surface area contributed by atoms with Crippen molar-refractivity contribution in [3.8, 4) is 0 Å². The van der Waals surface area contributed by atoms with Crippen LogP contribution in [0.5, 0.6) is 0 Å². The van der Waals surface area contributed by atoms with Gasteiger partial charge in [-0.1, -0.05) is 41.9 Å². The Balaban J connectivity index is 0.00000442. The van der Waals surface area contributed by atoms with Crippen LogP contribution in [0.2, 0.25) is 10.3 Å². The average Bonchev–Trinajstić information content (AvgIpc) is 3.24. The number of aliphatic hydroxyl groups is 1. The van der Waals surface area contributed by atoms with Gasteiger partial charge in [-0.2, -0.15) is 25.2 Å². The molecule has 0 saturated carbocycles. The standard InChI is InChI=1S/C27H25Cl2N9O4S.Na/c1-3-37(18-9-5-4-6-10-18)27-32-25(29)31-26(33-27)30-17-13-14-22(43(40,41)42)20(15-17)34-35-23-16(2)36-38(24(23)39)21-12-8-7-11-19(21)28;/h4-15,24,34,39H,3H2,1-2H3,(H,40,41,42)(H,30,31,32,33);/q;+1/p-1. The van der Waals surface area contributed by atoms with E-state index in [1.807, 2.05) is 42.2 Å². The number of nitrogens with one attached hydrogen (secondary N) is 2. The average molecular weight is 665 g/mol. The molecule has 0 spiro atoms. The molecule has 3 N–H and O–H groups in total. The molecule has 0 amide bonds. The van der Waals surface area contributed by atoms with Crippen LogP contribution in [-0.2, 0) is 10.1 Å². The van der Waals surface area contributed by atoms with E-state index in [2.05, 4.69) is 35.9 Å². The topological polar surface area (TPSA) is 171 Å². The number of hydrogen-bond acceptors (Lipinski definition) is 13. The second-order valence-corrected chi connectivity index (χ2v) is 11.2. The molecule has 17 heteroatoms. The van der Waals surface area contributed by atoms with E-state index < -0.39 is 21.2 Å². The first kappa shape index (κ1) is 33.6. The van der Waals surface area contributed by atoms with Crippen molar-refractivity contribution >= 4 is 79.4 Å². The van der Waals surface area contributed by atoms with Crippen LogP contribution in [-0.4, -0.2) is 57.2 Å². The zero-order chi connectivity index (χ0) is 30.7. The molecule has 44 heavy (non-hydrogen) atoms. The Kier molecular flexibility index (Phi) is 10.8. The molecule has 0 radical (unpaired) electrons. The zero-order valence-electron chi connectivity index (χ0n) is 23.7. The molecule has 0 bridgehead atoms. The van der Waals surface area contributed by atoms with Gasteiger partial charge in [0.1, 0.15) is 15.8 Å². The monoisotopic (exact) mass is 663 g/mol. The molecular formula is C27H24Cl2N9NaO4S. The second kappa shape index (κ2) is 14.2. The second-order valence-electron chi connectivity index (χ2n) is 9.06. The maximum Gasteiger partial charge on any atom is 1.00 e. The number of aromatic nitrogens is 3. The van der Waals surface area contributed by atoms with Crippen LogP contribution in [0, 0.1) is 0 Å². The summed E-state index contributed by atoms with van der Waals surface area (Å²) in [6.07, 6.45) is -1.34.